The minimum absolute atomic E-state index is 0.210. The largest absolute Gasteiger partial charge is 0.504 e. The van der Waals surface area contributed by atoms with Crippen molar-refractivity contribution in [2.75, 3.05) is 6.54 Å². The Morgan fingerprint density at radius 2 is 1.67 bits per heavy atom. The minimum atomic E-state index is -0.471. The molecule has 4 N–H and O–H groups in total. The first-order valence-corrected chi connectivity index (χ1v) is 7.19. The van der Waals surface area contributed by atoms with Gasteiger partial charge in [0.15, 0.2) is 11.5 Å². The van der Waals surface area contributed by atoms with Crippen molar-refractivity contribution in [3.8, 4) is 17.2 Å². The number of phenols is 3. The van der Waals surface area contributed by atoms with E-state index in [1.807, 2.05) is 30.3 Å². The second kappa shape index (κ2) is 5.66. The van der Waals surface area contributed by atoms with E-state index in [9.17, 15) is 15.3 Å². The summed E-state index contributed by atoms with van der Waals surface area (Å²) in [6.07, 6.45) is 2.47. The number of phenolic OH excluding ortho intramolecular Hbond substituents is 3. The average Bonchev–Trinajstić information content (AvgIpc) is 3.32. The maximum atomic E-state index is 10.1. The van der Waals surface area contributed by atoms with Crippen LogP contribution in [0.25, 0.3) is 0 Å². The molecule has 3 rings (SSSR count). The van der Waals surface area contributed by atoms with Crippen LogP contribution in [-0.2, 0) is 0 Å². The van der Waals surface area contributed by atoms with Gasteiger partial charge in [0.25, 0.3) is 0 Å². The van der Waals surface area contributed by atoms with E-state index in [-0.39, 0.29) is 17.5 Å². The lowest BCUT2D eigenvalue weighted by molar-refractivity contribution is 0.362. The monoisotopic (exact) mass is 285 g/mol. The van der Waals surface area contributed by atoms with E-state index >= 15 is 0 Å². The zero-order chi connectivity index (χ0) is 14.8. The molecule has 1 aliphatic rings. The Kier molecular flexibility index (Phi) is 3.71. The average molecular weight is 285 g/mol. The van der Waals surface area contributed by atoms with Crippen molar-refractivity contribution in [2.24, 2.45) is 5.92 Å². The van der Waals surface area contributed by atoms with Crippen LogP contribution < -0.4 is 5.32 Å². The summed E-state index contributed by atoms with van der Waals surface area (Å²) in [4.78, 5) is 0. The van der Waals surface area contributed by atoms with Crippen molar-refractivity contribution in [1.82, 2.24) is 5.32 Å². The van der Waals surface area contributed by atoms with Crippen molar-refractivity contribution < 1.29 is 15.3 Å². The van der Waals surface area contributed by atoms with Gasteiger partial charge < -0.3 is 20.6 Å². The molecule has 0 saturated heterocycles. The Balaban J connectivity index is 1.96. The first-order chi connectivity index (χ1) is 10.2. The molecule has 0 heterocycles. The van der Waals surface area contributed by atoms with Gasteiger partial charge in [-0.3, -0.25) is 0 Å². The number of hydrogen-bond donors (Lipinski definition) is 4. The van der Waals surface area contributed by atoms with Crippen molar-refractivity contribution in [1.29, 1.82) is 0 Å². The molecule has 1 saturated carbocycles. The third-order valence-corrected chi connectivity index (χ3v) is 3.91. The standard InChI is InChI=1S/C17H19NO3/c19-14-9-8-13(16(20)17(14)21)15(18-10-11-6-7-11)12-4-2-1-3-5-12/h1-5,8-9,11,15,18-21H,6-7,10H2. The molecule has 0 bridgehead atoms. The predicted molar refractivity (Wildman–Crippen MR) is 80.4 cm³/mol. The summed E-state index contributed by atoms with van der Waals surface area (Å²) in [5.74, 6) is -0.358. The fourth-order valence-corrected chi connectivity index (χ4v) is 2.48. The van der Waals surface area contributed by atoms with Crippen LogP contribution in [0.2, 0.25) is 0 Å². The quantitative estimate of drug-likeness (QED) is 0.637. The Morgan fingerprint density at radius 1 is 0.952 bits per heavy atom. The predicted octanol–water partition coefficient (Wildman–Crippen LogP) is 2.89. The van der Waals surface area contributed by atoms with E-state index in [4.69, 9.17) is 0 Å². The molecule has 21 heavy (non-hydrogen) atoms. The fraction of sp³-hybridized carbons (Fsp3) is 0.294. The molecular weight excluding hydrogens is 266 g/mol. The lowest BCUT2D eigenvalue weighted by Gasteiger charge is -2.21. The van der Waals surface area contributed by atoms with E-state index < -0.39 is 5.75 Å². The third-order valence-electron chi connectivity index (χ3n) is 3.91. The van der Waals surface area contributed by atoms with E-state index in [1.54, 1.807) is 6.07 Å². The summed E-state index contributed by atoms with van der Waals surface area (Å²) in [7, 11) is 0. The van der Waals surface area contributed by atoms with Crippen LogP contribution in [0.15, 0.2) is 42.5 Å². The van der Waals surface area contributed by atoms with Crippen LogP contribution in [0, 0.1) is 5.92 Å². The summed E-state index contributed by atoms with van der Waals surface area (Å²) >= 11 is 0. The van der Waals surface area contributed by atoms with E-state index in [0.717, 1.165) is 12.1 Å². The molecule has 2 aromatic carbocycles. The molecule has 0 spiro atoms. The molecule has 0 radical (unpaired) electrons. The number of benzene rings is 2. The normalized spacial score (nSPS) is 15.8. The van der Waals surface area contributed by atoms with Crippen LogP contribution in [0.4, 0.5) is 0 Å². The number of aromatic hydroxyl groups is 3. The van der Waals surface area contributed by atoms with Gasteiger partial charge >= 0.3 is 0 Å². The third kappa shape index (κ3) is 2.95. The highest BCUT2D eigenvalue weighted by Crippen LogP contribution is 2.41. The lowest BCUT2D eigenvalue weighted by atomic mass is 9.97. The Morgan fingerprint density at radius 3 is 2.33 bits per heavy atom. The van der Waals surface area contributed by atoms with Crippen molar-refractivity contribution >= 4 is 0 Å². The minimum Gasteiger partial charge on any atom is -0.504 e. The molecule has 2 aromatic rings. The molecule has 0 aliphatic heterocycles. The first kappa shape index (κ1) is 13.8. The number of nitrogens with one attached hydrogen (secondary N) is 1. The smallest absolute Gasteiger partial charge is 0.200 e. The molecule has 1 fully saturated rings. The fourth-order valence-electron chi connectivity index (χ4n) is 2.48. The molecule has 4 nitrogen and oxygen atoms in total. The second-order valence-corrected chi connectivity index (χ2v) is 5.57. The van der Waals surface area contributed by atoms with Crippen molar-refractivity contribution in [3.05, 3.63) is 53.6 Å². The maximum Gasteiger partial charge on any atom is 0.200 e. The zero-order valence-corrected chi connectivity index (χ0v) is 11.7. The molecule has 0 amide bonds. The molecular formula is C17H19NO3. The summed E-state index contributed by atoms with van der Waals surface area (Å²) in [6, 6.07) is 12.6. The molecule has 1 aliphatic carbocycles. The van der Waals surface area contributed by atoms with Crippen LogP contribution in [0.5, 0.6) is 17.2 Å². The van der Waals surface area contributed by atoms with Gasteiger partial charge in [-0.25, -0.2) is 0 Å². The summed E-state index contributed by atoms with van der Waals surface area (Å²) in [5.41, 5.74) is 1.58. The van der Waals surface area contributed by atoms with Gasteiger partial charge in [0.05, 0.1) is 6.04 Å². The highest BCUT2D eigenvalue weighted by molar-refractivity contribution is 5.55. The van der Waals surface area contributed by atoms with Gasteiger partial charge in [0, 0.05) is 5.56 Å². The van der Waals surface area contributed by atoms with Gasteiger partial charge in [-0.1, -0.05) is 30.3 Å². The van der Waals surface area contributed by atoms with E-state index in [2.05, 4.69) is 5.32 Å². The van der Waals surface area contributed by atoms with Crippen LogP contribution in [-0.4, -0.2) is 21.9 Å². The SMILES string of the molecule is Oc1ccc(C(NCC2CC2)c2ccccc2)c(O)c1O. The topological polar surface area (TPSA) is 72.7 Å². The van der Waals surface area contributed by atoms with E-state index in [1.165, 1.54) is 18.9 Å². The number of hydrogen-bond acceptors (Lipinski definition) is 4. The Labute approximate surface area is 123 Å². The van der Waals surface area contributed by atoms with E-state index in [0.29, 0.717) is 11.5 Å². The van der Waals surface area contributed by atoms with Gasteiger partial charge in [-0.15, -0.1) is 0 Å². The van der Waals surface area contributed by atoms with Crippen LogP contribution in [0.1, 0.15) is 30.0 Å². The molecule has 1 unspecified atom stereocenters. The maximum absolute atomic E-state index is 10.1. The van der Waals surface area contributed by atoms with Gasteiger partial charge in [0.2, 0.25) is 5.75 Å². The molecule has 1 atom stereocenters. The molecule has 0 aromatic heterocycles. The summed E-state index contributed by atoms with van der Waals surface area (Å²) < 4.78 is 0. The Hall–Kier alpha value is -2.20. The highest BCUT2D eigenvalue weighted by Gasteiger charge is 2.25. The van der Waals surface area contributed by atoms with Crippen molar-refractivity contribution in [3.63, 3.8) is 0 Å². The molecule has 110 valence electrons. The van der Waals surface area contributed by atoms with Gasteiger partial charge in [-0.05, 0) is 43.0 Å². The lowest BCUT2D eigenvalue weighted by Crippen LogP contribution is -2.24. The Bertz CT molecular complexity index is 623. The summed E-state index contributed by atoms with van der Waals surface area (Å²) in [5, 5.41) is 32.8. The van der Waals surface area contributed by atoms with Crippen LogP contribution >= 0.6 is 0 Å². The second-order valence-electron chi connectivity index (χ2n) is 5.57. The number of rotatable bonds is 5. The van der Waals surface area contributed by atoms with Crippen molar-refractivity contribution in [2.45, 2.75) is 18.9 Å². The van der Waals surface area contributed by atoms with Crippen LogP contribution in [0.3, 0.4) is 0 Å². The zero-order valence-electron chi connectivity index (χ0n) is 11.7. The summed E-state index contributed by atoms with van der Waals surface area (Å²) in [6.45, 7) is 0.876. The van der Waals surface area contributed by atoms with Gasteiger partial charge in [-0.2, -0.15) is 0 Å². The highest BCUT2D eigenvalue weighted by atomic mass is 16.3. The molecule has 4 heteroatoms. The first-order valence-electron chi connectivity index (χ1n) is 7.19. The van der Waals surface area contributed by atoms with Gasteiger partial charge in [0.1, 0.15) is 0 Å².